The Morgan fingerprint density at radius 1 is 1.64 bits per heavy atom. The van der Waals surface area contributed by atoms with E-state index >= 15 is 0 Å². The van der Waals surface area contributed by atoms with Crippen LogP contribution in [0.15, 0.2) is 23.6 Å². The van der Waals surface area contributed by atoms with Crippen LogP contribution in [-0.2, 0) is 0 Å². The molecular formula is C6H10N4S. The number of aromatic nitrogens is 3. The van der Waals surface area contributed by atoms with Crippen molar-refractivity contribution in [2.24, 2.45) is 5.73 Å². The number of aromatic amines is 1. The molecule has 0 saturated carbocycles. The van der Waals surface area contributed by atoms with Crippen molar-refractivity contribution in [3.8, 4) is 0 Å². The first-order chi connectivity index (χ1) is 5.43. The number of nitrogens with two attached hydrogens (primary N) is 1. The van der Waals surface area contributed by atoms with Crippen LogP contribution in [0.5, 0.6) is 0 Å². The second kappa shape index (κ2) is 4.92. The second-order valence-electron chi connectivity index (χ2n) is 1.81. The van der Waals surface area contributed by atoms with Gasteiger partial charge in [0.05, 0.1) is 0 Å². The Bertz CT molecular complexity index is 206. The van der Waals surface area contributed by atoms with Crippen LogP contribution in [0.25, 0.3) is 0 Å². The minimum atomic E-state index is 0.594. The lowest BCUT2D eigenvalue weighted by Crippen LogP contribution is -1.92. The molecule has 0 aliphatic heterocycles. The number of thioether (sulfide) groups is 1. The Hall–Kier alpha value is -0.810. The monoisotopic (exact) mass is 170 g/mol. The number of rotatable bonds is 4. The largest absolute Gasteiger partial charge is 0.327 e. The van der Waals surface area contributed by atoms with Crippen molar-refractivity contribution >= 4 is 11.8 Å². The summed E-state index contributed by atoms with van der Waals surface area (Å²) in [6.07, 6.45) is 5.42. The minimum Gasteiger partial charge on any atom is -0.327 e. The quantitative estimate of drug-likeness (QED) is 0.507. The molecule has 1 rings (SSSR count). The molecule has 0 radical (unpaired) electrons. The van der Waals surface area contributed by atoms with E-state index < -0.39 is 0 Å². The number of nitrogens with zero attached hydrogens (tertiary/aromatic N) is 2. The maximum Gasteiger partial charge on any atom is 0.183 e. The summed E-state index contributed by atoms with van der Waals surface area (Å²) in [6, 6.07) is 0. The molecule has 0 aliphatic carbocycles. The van der Waals surface area contributed by atoms with Crippen molar-refractivity contribution in [3.05, 3.63) is 18.5 Å². The molecule has 0 atom stereocenters. The lowest BCUT2D eigenvalue weighted by atomic mass is 10.5. The van der Waals surface area contributed by atoms with E-state index in [4.69, 9.17) is 5.73 Å². The summed E-state index contributed by atoms with van der Waals surface area (Å²) in [5.74, 6) is 0.881. The predicted octanol–water partition coefficient (Wildman–Crippen LogP) is 0.412. The van der Waals surface area contributed by atoms with Gasteiger partial charge >= 0.3 is 0 Å². The fourth-order valence-electron chi connectivity index (χ4n) is 0.555. The Morgan fingerprint density at radius 3 is 3.18 bits per heavy atom. The van der Waals surface area contributed by atoms with Crippen molar-refractivity contribution in [2.75, 3.05) is 12.3 Å². The standard InChI is InChI=1S/C6H10N4S/c7-3-1-2-4-11-6-8-5-9-10-6/h1-2,5H,3-4,7H2,(H,8,9,10)/b2-1+. The highest BCUT2D eigenvalue weighted by atomic mass is 32.2. The average Bonchev–Trinajstić information content (AvgIpc) is 2.50. The van der Waals surface area contributed by atoms with E-state index in [0.29, 0.717) is 6.54 Å². The van der Waals surface area contributed by atoms with Crippen LogP contribution < -0.4 is 5.73 Å². The maximum atomic E-state index is 5.26. The first kappa shape index (κ1) is 8.29. The topological polar surface area (TPSA) is 67.6 Å². The number of hydrogen-bond donors (Lipinski definition) is 2. The molecule has 60 valence electrons. The Labute approximate surface area is 69.3 Å². The molecule has 0 amide bonds. The van der Waals surface area contributed by atoms with Gasteiger partial charge in [-0.25, -0.2) is 4.98 Å². The van der Waals surface area contributed by atoms with Crippen LogP contribution in [0, 0.1) is 0 Å². The van der Waals surface area contributed by atoms with Gasteiger partial charge in [-0.05, 0) is 0 Å². The number of hydrogen-bond acceptors (Lipinski definition) is 4. The van der Waals surface area contributed by atoms with Crippen LogP contribution in [-0.4, -0.2) is 27.5 Å². The van der Waals surface area contributed by atoms with E-state index in [1.807, 2.05) is 12.2 Å². The van der Waals surface area contributed by atoms with Gasteiger partial charge in [0.2, 0.25) is 0 Å². The van der Waals surface area contributed by atoms with Gasteiger partial charge in [-0.1, -0.05) is 23.9 Å². The summed E-state index contributed by atoms with van der Waals surface area (Å²) in [4.78, 5) is 3.95. The van der Waals surface area contributed by atoms with Crippen molar-refractivity contribution < 1.29 is 0 Å². The molecule has 3 N–H and O–H groups in total. The molecule has 1 aromatic heterocycles. The SMILES string of the molecule is NC/C=C/CSc1ncn[nH]1. The number of H-pyrrole nitrogens is 1. The lowest BCUT2D eigenvalue weighted by molar-refractivity contribution is 0.975. The molecule has 0 spiro atoms. The highest BCUT2D eigenvalue weighted by molar-refractivity contribution is 7.99. The van der Waals surface area contributed by atoms with E-state index in [1.54, 1.807) is 11.8 Å². The molecule has 1 aromatic rings. The zero-order valence-electron chi connectivity index (χ0n) is 6.03. The zero-order chi connectivity index (χ0) is 7.94. The normalized spacial score (nSPS) is 11.0. The molecule has 0 aromatic carbocycles. The Morgan fingerprint density at radius 2 is 2.55 bits per heavy atom. The van der Waals surface area contributed by atoms with Gasteiger partial charge in [0.1, 0.15) is 6.33 Å². The van der Waals surface area contributed by atoms with E-state index in [2.05, 4.69) is 15.2 Å². The van der Waals surface area contributed by atoms with Gasteiger partial charge in [0.25, 0.3) is 0 Å². The van der Waals surface area contributed by atoms with E-state index in [-0.39, 0.29) is 0 Å². The van der Waals surface area contributed by atoms with Gasteiger partial charge in [-0.3, -0.25) is 5.10 Å². The first-order valence-corrected chi connectivity index (χ1v) is 4.25. The lowest BCUT2D eigenvalue weighted by Gasteiger charge is -1.88. The molecule has 4 nitrogen and oxygen atoms in total. The highest BCUT2D eigenvalue weighted by Gasteiger charge is 1.91. The van der Waals surface area contributed by atoms with Crippen LogP contribution in [0.3, 0.4) is 0 Å². The molecule has 0 unspecified atom stereocenters. The summed E-state index contributed by atoms with van der Waals surface area (Å²) in [5, 5.41) is 7.31. The van der Waals surface area contributed by atoms with Crippen LogP contribution in [0.2, 0.25) is 0 Å². The average molecular weight is 170 g/mol. The molecule has 1 heterocycles. The smallest absolute Gasteiger partial charge is 0.183 e. The second-order valence-corrected chi connectivity index (χ2v) is 2.82. The van der Waals surface area contributed by atoms with E-state index in [9.17, 15) is 0 Å². The van der Waals surface area contributed by atoms with Gasteiger partial charge < -0.3 is 5.73 Å². The van der Waals surface area contributed by atoms with Crippen molar-refractivity contribution in [1.82, 2.24) is 15.2 Å². The van der Waals surface area contributed by atoms with E-state index in [1.165, 1.54) is 6.33 Å². The summed E-state index contributed by atoms with van der Waals surface area (Å²) >= 11 is 1.60. The Kier molecular flexibility index (Phi) is 3.71. The van der Waals surface area contributed by atoms with Gasteiger partial charge in [0.15, 0.2) is 5.16 Å². The summed E-state index contributed by atoms with van der Waals surface area (Å²) in [6.45, 7) is 0.594. The molecule has 0 fully saturated rings. The molecule has 11 heavy (non-hydrogen) atoms. The third-order valence-corrected chi connectivity index (χ3v) is 1.84. The fourth-order valence-corrected chi connectivity index (χ4v) is 1.18. The predicted molar refractivity (Wildman–Crippen MR) is 45.3 cm³/mol. The van der Waals surface area contributed by atoms with Crippen LogP contribution in [0.4, 0.5) is 0 Å². The molecule has 0 bridgehead atoms. The summed E-state index contributed by atoms with van der Waals surface area (Å²) in [5.41, 5.74) is 5.26. The maximum absolute atomic E-state index is 5.26. The van der Waals surface area contributed by atoms with Crippen molar-refractivity contribution in [3.63, 3.8) is 0 Å². The van der Waals surface area contributed by atoms with Crippen LogP contribution in [0.1, 0.15) is 0 Å². The first-order valence-electron chi connectivity index (χ1n) is 3.26. The van der Waals surface area contributed by atoms with E-state index in [0.717, 1.165) is 10.9 Å². The third-order valence-electron chi connectivity index (χ3n) is 1.01. The van der Waals surface area contributed by atoms with Gasteiger partial charge in [-0.15, -0.1) is 0 Å². The summed E-state index contributed by atoms with van der Waals surface area (Å²) in [7, 11) is 0. The molecule has 0 aliphatic rings. The summed E-state index contributed by atoms with van der Waals surface area (Å²) < 4.78 is 0. The minimum absolute atomic E-state index is 0.594. The zero-order valence-corrected chi connectivity index (χ0v) is 6.84. The van der Waals surface area contributed by atoms with Crippen LogP contribution >= 0.6 is 11.8 Å². The molecule has 5 heteroatoms. The van der Waals surface area contributed by atoms with Crippen molar-refractivity contribution in [1.29, 1.82) is 0 Å². The molecular weight excluding hydrogens is 160 g/mol. The fraction of sp³-hybridized carbons (Fsp3) is 0.333. The molecule has 0 saturated heterocycles. The van der Waals surface area contributed by atoms with Gasteiger partial charge in [-0.2, -0.15) is 5.10 Å². The number of nitrogens with one attached hydrogen (secondary N) is 1. The Balaban J connectivity index is 2.19. The highest BCUT2D eigenvalue weighted by Crippen LogP contribution is 2.09. The van der Waals surface area contributed by atoms with Crippen molar-refractivity contribution in [2.45, 2.75) is 5.16 Å². The van der Waals surface area contributed by atoms with Gasteiger partial charge in [0, 0.05) is 12.3 Å². The third kappa shape index (κ3) is 3.20.